The van der Waals surface area contributed by atoms with Crippen LogP contribution >= 0.6 is 11.3 Å². The van der Waals surface area contributed by atoms with Gasteiger partial charge in [0.1, 0.15) is 21.3 Å². The minimum atomic E-state index is -0.295. The quantitative estimate of drug-likeness (QED) is 0.581. The number of anilines is 1. The van der Waals surface area contributed by atoms with Gasteiger partial charge in [-0.25, -0.2) is 14.8 Å². The molecule has 0 amide bonds. The van der Waals surface area contributed by atoms with Crippen molar-refractivity contribution >= 4 is 33.3 Å². The molecule has 3 aromatic rings. The Balaban J connectivity index is 1.57. The molecule has 3 aromatic heterocycles. The summed E-state index contributed by atoms with van der Waals surface area (Å²) in [5, 5.41) is 4.93. The number of fused-ring (bicyclic) bond motifs is 1. The van der Waals surface area contributed by atoms with Crippen molar-refractivity contribution in [3.63, 3.8) is 0 Å². The number of ether oxygens (including phenoxy) is 1. The second-order valence-corrected chi connectivity index (χ2v) is 8.04. The van der Waals surface area contributed by atoms with Crippen LogP contribution in [0.1, 0.15) is 39.7 Å². The lowest BCUT2D eigenvalue weighted by Crippen LogP contribution is -2.46. The topological polar surface area (TPSA) is 97.5 Å². The predicted octanol–water partition coefficient (Wildman–Crippen LogP) is 2.50. The van der Waals surface area contributed by atoms with Crippen LogP contribution in [0.3, 0.4) is 0 Å². The van der Waals surface area contributed by atoms with Crippen LogP contribution in [0, 0.1) is 20.8 Å². The van der Waals surface area contributed by atoms with E-state index in [9.17, 15) is 4.79 Å². The third-order valence-electron chi connectivity index (χ3n) is 4.95. The first-order chi connectivity index (χ1) is 14.0. The second-order valence-electron chi connectivity index (χ2n) is 7.04. The lowest BCUT2D eigenvalue weighted by molar-refractivity contribution is 0.0531. The first kappa shape index (κ1) is 19.7. The van der Waals surface area contributed by atoms with Crippen LogP contribution < -0.4 is 4.90 Å². The normalized spacial score (nSPS) is 15.2. The molecule has 1 aliphatic heterocycles. The first-order valence-electron chi connectivity index (χ1n) is 9.67. The Morgan fingerprint density at radius 2 is 1.90 bits per heavy atom. The molecule has 4 heterocycles. The lowest BCUT2D eigenvalue weighted by atomic mass is 10.1. The van der Waals surface area contributed by atoms with E-state index in [1.54, 1.807) is 6.92 Å². The van der Waals surface area contributed by atoms with Crippen molar-refractivity contribution < 1.29 is 14.1 Å². The summed E-state index contributed by atoms with van der Waals surface area (Å²) < 4.78 is 10.3. The molecular weight excluding hydrogens is 392 g/mol. The molecule has 154 valence electrons. The molecule has 4 rings (SSSR count). The van der Waals surface area contributed by atoms with E-state index < -0.39 is 0 Å². The summed E-state index contributed by atoms with van der Waals surface area (Å²) in [6.45, 7) is 11.9. The first-order valence-corrected chi connectivity index (χ1v) is 10.5. The number of rotatable bonds is 5. The third kappa shape index (κ3) is 3.95. The Kier molecular flexibility index (Phi) is 5.46. The van der Waals surface area contributed by atoms with Crippen LogP contribution in [-0.2, 0) is 11.3 Å². The number of hydrogen-bond acceptors (Lipinski definition) is 10. The third-order valence-corrected chi connectivity index (χ3v) is 6.12. The second kappa shape index (κ2) is 8.03. The number of carbonyl (C=O) groups is 1. The summed E-state index contributed by atoms with van der Waals surface area (Å²) in [5.74, 6) is 2.60. The number of hydrogen-bond donors (Lipinski definition) is 0. The molecule has 0 spiro atoms. The van der Waals surface area contributed by atoms with Crippen molar-refractivity contribution in [2.45, 2.75) is 34.2 Å². The predicted molar refractivity (Wildman–Crippen MR) is 109 cm³/mol. The molecule has 29 heavy (non-hydrogen) atoms. The Bertz CT molecular complexity index is 1040. The van der Waals surface area contributed by atoms with Crippen molar-refractivity contribution in [1.82, 2.24) is 25.0 Å². The molecule has 1 saturated heterocycles. The number of thiophene rings is 1. The summed E-state index contributed by atoms with van der Waals surface area (Å²) in [5.41, 5.74) is 0.892. The highest BCUT2D eigenvalue weighted by Gasteiger charge is 2.26. The van der Waals surface area contributed by atoms with Crippen molar-refractivity contribution in [1.29, 1.82) is 0 Å². The molecule has 0 saturated carbocycles. The number of piperazine rings is 1. The molecule has 0 N–H and O–H groups in total. The molecule has 10 heteroatoms. The standard InChI is InChI=1S/C19H24N6O3S/c1-5-27-19(26)16-11(2)15-17(20-12(3)21-18(15)29-16)25-8-6-24(7-9-25)10-14-22-13(4)28-23-14/h5-10H2,1-4H3. The minimum Gasteiger partial charge on any atom is -0.462 e. The zero-order chi connectivity index (χ0) is 20.5. The van der Waals surface area contributed by atoms with Crippen LogP contribution in [0.15, 0.2) is 4.52 Å². The van der Waals surface area contributed by atoms with E-state index in [1.165, 1.54) is 11.3 Å². The highest BCUT2D eigenvalue weighted by Crippen LogP contribution is 2.36. The fraction of sp³-hybridized carbons (Fsp3) is 0.526. The largest absolute Gasteiger partial charge is 0.462 e. The summed E-state index contributed by atoms with van der Waals surface area (Å²) in [6.07, 6.45) is 0. The van der Waals surface area contributed by atoms with E-state index in [0.29, 0.717) is 35.6 Å². The van der Waals surface area contributed by atoms with Gasteiger partial charge < -0.3 is 14.2 Å². The van der Waals surface area contributed by atoms with Crippen LogP contribution in [-0.4, -0.2) is 63.8 Å². The SMILES string of the molecule is CCOC(=O)c1sc2nc(C)nc(N3CCN(Cc4noc(C)n4)CC3)c2c1C. The average molecular weight is 417 g/mol. The number of carbonyl (C=O) groups excluding carboxylic acids is 1. The Morgan fingerprint density at radius 3 is 2.55 bits per heavy atom. The van der Waals surface area contributed by atoms with Crippen molar-refractivity contribution in [3.8, 4) is 0 Å². The van der Waals surface area contributed by atoms with Crippen molar-refractivity contribution in [2.75, 3.05) is 37.7 Å². The molecule has 0 aliphatic carbocycles. The van der Waals surface area contributed by atoms with Crippen LogP contribution in [0.25, 0.3) is 10.2 Å². The fourth-order valence-electron chi connectivity index (χ4n) is 3.56. The van der Waals surface area contributed by atoms with Gasteiger partial charge in [0.05, 0.1) is 18.5 Å². The minimum absolute atomic E-state index is 0.295. The molecule has 0 unspecified atom stereocenters. The molecule has 9 nitrogen and oxygen atoms in total. The molecular formula is C19H24N6O3S. The summed E-state index contributed by atoms with van der Waals surface area (Å²) >= 11 is 1.38. The van der Waals surface area contributed by atoms with Gasteiger partial charge in [0, 0.05) is 33.1 Å². The van der Waals surface area contributed by atoms with Gasteiger partial charge in [-0.2, -0.15) is 4.98 Å². The van der Waals surface area contributed by atoms with Gasteiger partial charge in [-0.3, -0.25) is 4.90 Å². The zero-order valence-corrected chi connectivity index (χ0v) is 17.9. The van der Waals surface area contributed by atoms with Gasteiger partial charge in [-0.05, 0) is 26.3 Å². The Labute approximate surface area is 172 Å². The summed E-state index contributed by atoms with van der Waals surface area (Å²) in [4.78, 5) is 31.9. The average Bonchev–Trinajstić information content (AvgIpc) is 3.25. The maximum atomic E-state index is 12.3. The van der Waals surface area contributed by atoms with Gasteiger partial charge in [-0.1, -0.05) is 5.16 Å². The molecule has 0 atom stereocenters. The van der Waals surface area contributed by atoms with Gasteiger partial charge in [-0.15, -0.1) is 11.3 Å². The smallest absolute Gasteiger partial charge is 0.348 e. The monoisotopic (exact) mass is 416 g/mol. The molecule has 1 fully saturated rings. The Morgan fingerprint density at radius 1 is 1.14 bits per heavy atom. The number of esters is 1. The summed E-state index contributed by atoms with van der Waals surface area (Å²) in [6, 6.07) is 0. The van der Waals surface area contributed by atoms with E-state index in [0.717, 1.165) is 47.8 Å². The van der Waals surface area contributed by atoms with Gasteiger partial charge >= 0.3 is 5.97 Å². The maximum Gasteiger partial charge on any atom is 0.348 e. The lowest BCUT2D eigenvalue weighted by Gasteiger charge is -2.35. The molecule has 0 bridgehead atoms. The van der Waals surface area contributed by atoms with E-state index in [-0.39, 0.29) is 5.97 Å². The summed E-state index contributed by atoms with van der Waals surface area (Å²) in [7, 11) is 0. The highest BCUT2D eigenvalue weighted by molar-refractivity contribution is 7.20. The molecule has 1 aliphatic rings. The highest BCUT2D eigenvalue weighted by atomic mass is 32.1. The molecule has 0 aromatic carbocycles. The van der Waals surface area contributed by atoms with E-state index in [4.69, 9.17) is 14.2 Å². The van der Waals surface area contributed by atoms with Gasteiger partial charge in [0.15, 0.2) is 5.82 Å². The van der Waals surface area contributed by atoms with E-state index in [2.05, 4.69) is 24.9 Å². The van der Waals surface area contributed by atoms with Crippen LogP contribution in [0.2, 0.25) is 0 Å². The van der Waals surface area contributed by atoms with Gasteiger partial charge in [0.2, 0.25) is 5.89 Å². The zero-order valence-electron chi connectivity index (χ0n) is 17.1. The van der Waals surface area contributed by atoms with Crippen molar-refractivity contribution in [2.24, 2.45) is 0 Å². The number of aromatic nitrogens is 4. The van der Waals surface area contributed by atoms with E-state index >= 15 is 0 Å². The van der Waals surface area contributed by atoms with Gasteiger partial charge in [0.25, 0.3) is 0 Å². The van der Waals surface area contributed by atoms with Crippen LogP contribution in [0.4, 0.5) is 5.82 Å². The maximum absolute atomic E-state index is 12.3. The Hall–Kier alpha value is -2.59. The van der Waals surface area contributed by atoms with E-state index in [1.807, 2.05) is 20.8 Å². The number of aryl methyl sites for hydroxylation is 3. The fourth-order valence-corrected chi connectivity index (χ4v) is 4.68. The van der Waals surface area contributed by atoms with Crippen LogP contribution in [0.5, 0.6) is 0 Å². The number of nitrogens with zero attached hydrogens (tertiary/aromatic N) is 6. The van der Waals surface area contributed by atoms with Crippen molar-refractivity contribution in [3.05, 3.63) is 28.0 Å². The molecule has 0 radical (unpaired) electrons.